The largest absolute Gasteiger partial charge is 0.293 e. The molecule has 2 aromatic carbocycles. The zero-order chi connectivity index (χ0) is 15.5. The van der Waals surface area contributed by atoms with Gasteiger partial charge in [0, 0.05) is 10.0 Å². The van der Waals surface area contributed by atoms with Gasteiger partial charge in [-0.1, -0.05) is 58.4 Å². The van der Waals surface area contributed by atoms with Crippen LogP contribution < -0.4 is 0 Å². The van der Waals surface area contributed by atoms with Crippen LogP contribution in [-0.2, 0) is 15.6 Å². The standard InChI is InChI=1S/C16H15BrO3S/c1-12(16(18)14-7-9-15(17)10-8-14)21(19,20)11-13-5-3-2-4-6-13/h2-10,12H,11H2,1H3. The third kappa shape index (κ3) is 4.02. The minimum atomic E-state index is -3.53. The summed E-state index contributed by atoms with van der Waals surface area (Å²) in [5.41, 5.74) is 1.09. The summed E-state index contributed by atoms with van der Waals surface area (Å²) in [5.74, 6) is -0.504. The number of rotatable bonds is 5. The summed E-state index contributed by atoms with van der Waals surface area (Å²) in [5, 5.41) is -1.06. The fraction of sp³-hybridized carbons (Fsp3) is 0.188. The van der Waals surface area contributed by atoms with Crippen molar-refractivity contribution in [1.82, 2.24) is 0 Å². The number of carbonyl (C=O) groups is 1. The predicted octanol–water partition coefficient (Wildman–Crippen LogP) is 3.64. The van der Waals surface area contributed by atoms with Crippen molar-refractivity contribution in [2.24, 2.45) is 0 Å². The molecule has 0 aliphatic carbocycles. The van der Waals surface area contributed by atoms with Crippen LogP contribution in [0.1, 0.15) is 22.8 Å². The van der Waals surface area contributed by atoms with Crippen LogP contribution in [0.3, 0.4) is 0 Å². The van der Waals surface area contributed by atoms with Gasteiger partial charge >= 0.3 is 0 Å². The average Bonchev–Trinajstić information content (AvgIpc) is 2.47. The molecule has 0 bridgehead atoms. The minimum absolute atomic E-state index is 0.128. The molecule has 5 heteroatoms. The van der Waals surface area contributed by atoms with E-state index < -0.39 is 15.1 Å². The summed E-state index contributed by atoms with van der Waals surface area (Å²) in [6, 6.07) is 15.6. The first-order valence-corrected chi connectivity index (χ1v) is 8.96. The monoisotopic (exact) mass is 366 g/mol. The lowest BCUT2D eigenvalue weighted by Crippen LogP contribution is -2.28. The summed E-state index contributed by atoms with van der Waals surface area (Å²) in [7, 11) is -3.53. The first kappa shape index (κ1) is 15.9. The number of ketones is 1. The van der Waals surface area contributed by atoms with Crippen molar-refractivity contribution in [1.29, 1.82) is 0 Å². The second kappa shape index (κ2) is 6.54. The van der Waals surface area contributed by atoms with Crippen molar-refractivity contribution >= 4 is 31.6 Å². The summed E-state index contributed by atoms with van der Waals surface area (Å²) in [6.45, 7) is 1.45. The van der Waals surface area contributed by atoms with Crippen LogP contribution in [0.2, 0.25) is 0 Å². The van der Waals surface area contributed by atoms with Gasteiger partial charge in [-0.3, -0.25) is 4.79 Å². The Labute approximate surface area is 133 Å². The molecule has 0 saturated heterocycles. The van der Waals surface area contributed by atoms with Crippen LogP contribution in [0, 0.1) is 0 Å². The molecule has 21 heavy (non-hydrogen) atoms. The van der Waals surface area contributed by atoms with E-state index in [0.29, 0.717) is 11.1 Å². The predicted molar refractivity (Wildman–Crippen MR) is 87.0 cm³/mol. The molecule has 3 nitrogen and oxygen atoms in total. The second-order valence-corrected chi connectivity index (χ2v) is 8.04. The lowest BCUT2D eigenvalue weighted by atomic mass is 10.1. The highest BCUT2D eigenvalue weighted by molar-refractivity contribution is 9.10. The number of hydrogen-bond acceptors (Lipinski definition) is 3. The maximum atomic E-state index is 12.4. The Balaban J connectivity index is 2.19. The van der Waals surface area contributed by atoms with Gasteiger partial charge < -0.3 is 0 Å². The van der Waals surface area contributed by atoms with Gasteiger partial charge in [0.25, 0.3) is 0 Å². The molecule has 1 unspecified atom stereocenters. The number of Topliss-reactive ketones (excluding diaryl/α,β-unsaturated/α-hetero) is 1. The molecule has 0 aliphatic heterocycles. The maximum absolute atomic E-state index is 12.4. The molecular weight excluding hydrogens is 352 g/mol. The third-order valence-electron chi connectivity index (χ3n) is 3.25. The van der Waals surface area contributed by atoms with Gasteiger partial charge in [0.1, 0.15) is 5.25 Å². The molecule has 0 spiro atoms. The van der Waals surface area contributed by atoms with Crippen molar-refractivity contribution in [3.63, 3.8) is 0 Å². The Kier molecular flexibility index (Phi) is 4.96. The normalized spacial score (nSPS) is 12.9. The van der Waals surface area contributed by atoms with Gasteiger partial charge in [-0.15, -0.1) is 0 Å². The number of carbonyl (C=O) groups excluding carboxylic acids is 1. The SMILES string of the molecule is CC(C(=O)c1ccc(Br)cc1)S(=O)(=O)Cc1ccccc1. The molecule has 0 saturated carbocycles. The summed E-state index contributed by atoms with van der Waals surface area (Å²) in [4.78, 5) is 12.3. The number of halogens is 1. The molecule has 0 amide bonds. The number of benzene rings is 2. The van der Waals surface area contributed by atoms with Crippen molar-refractivity contribution in [3.05, 3.63) is 70.2 Å². The Morgan fingerprint density at radius 3 is 2.19 bits per heavy atom. The van der Waals surface area contributed by atoms with Crippen LogP contribution in [-0.4, -0.2) is 19.5 Å². The molecule has 0 N–H and O–H groups in total. The molecule has 1 atom stereocenters. The van der Waals surface area contributed by atoms with Gasteiger partial charge in [-0.2, -0.15) is 0 Å². The van der Waals surface area contributed by atoms with Crippen LogP contribution in [0.15, 0.2) is 59.1 Å². The average molecular weight is 367 g/mol. The summed E-state index contributed by atoms with van der Waals surface area (Å²) < 4.78 is 25.5. The van der Waals surface area contributed by atoms with Crippen LogP contribution >= 0.6 is 15.9 Å². The highest BCUT2D eigenvalue weighted by Crippen LogP contribution is 2.17. The topological polar surface area (TPSA) is 51.2 Å². The maximum Gasteiger partial charge on any atom is 0.180 e. The first-order valence-electron chi connectivity index (χ1n) is 6.45. The van der Waals surface area contributed by atoms with E-state index >= 15 is 0 Å². The zero-order valence-corrected chi connectivity index (χ0v) is 13.9. The molecule has 0 radical (unpaired) electrons. The molecule has 110 valence electrons. The highest BCUT2D eigenvalue weighted by atomic mass is 79.9. The Hall–Kier alpha value is -1.46. The van der Waals surface area contributed by atoms with E-state index in [1.165, 1.54) is 6.92 Å². The van der Waals surface area contributed by atoms with Crippen molar-refractivity contribution in [2.45, 2.75) is 17.9 Å². The second-order valence-electron chi connectivity index (χ2n) is 4.81. The van der Waals surface area contributed by atoms with Crippen LogP contribution in [0.5, 0.6) is 0 Å². The zero-order valence-electron chi connectivity index (χ0n) is 11.5. The smallest absolute Gasteiger partial charge is 0.180 e. The summed E-state index contributed by atoms with van der Waals surface area (Å²) >= 11 is 3.29. The van der Waals surface area contributed by atoms with E-state index in [1.807, 2.05) is 6.07 Å². The van der Waals surface area contributed by atoms with Crippen LogP contribution in [0.25, 0.3) is 0 Å². The van der Waals surface area contributed by atoms with Crippen molar-refractivity contribution in [2.75, 3.05) is 0 Å². The van der Waals surface area contributed by atoms with E-state index in [0.717, 1.165) is 4.47 Å². The van der Waals surface area contributed by atoms with E-state index in [4.69, 9.17) is 0 Å². The van der Waals surface area contributed by atoms with Crippen LogP contribution in [0.4, 0.5) is 0 Å². The third-order valence-corrected chi connectivity index (χ3v) is 5.80. The molecule has 2 rings (SSSR count). The van der Waals surface area contributed by atoms with Gasteiger partial charge in [0.15, 0.2) is 15.6 Å². The van der Waals surface area contributed by atoms with E-state index in [2.05, 4.69) is 15.9 Å². The van der Waals surface area contributed by atoms with Gasteiger partial charge in [0.2, 0.25) is 0 Å². The minimum Gasteiger partial charge on any atom is -0.293 e. The molecule has 0 aromatic heterocycles. The van der Waals surface area contributed by atoms with E-state index in [1.54, 1.807) is 48.5 Å². The Bertz CT molecular complexity index is 722. The van der Waals surface area contributed by atoms with Gasteiger partial charge in [-0.05, 0) is 24.6 Å². The fourth-order valence-electron chi connectivity index (χ4n) is 1.94. The van der Waals surface area contributed by atoms with Crippen molar-refractivity contribution < 1.29 is 13.2 Å². The summed E-state index contributed by atoms with van der Waals surface area (Å²) in [6.07, 6.45) is 0. The highest BCUT2D eigenvalue weighted by Gasteiger charge is 2.28. The van der Waals surface area contributed by atoms with Gasteiger partial charge in [-0.25, -0.2) is 8.42 Å². The number of sulfone groups is 1. The molecule has 2 aromatic rings. The molecule has 0 aliphatic rings. The first-order chi connectivity index (χ1) is 9.90. The van der Waals surface area contributed by atoms with E-state index in [9.17, 15) is 13.2 Å². The lowest BCUT2D eigenvalue weighted by molar-refractivity contribution is 0.0991. The molecule has 0 heterocycles. The Morgan fingerprint density at radius 1 is 1.05 bits per heavy atom. The molecule has 0 fully saturated rings. The lowest BCUT2D eigenvalue weighted by Gasteiger charge is -2.12. The fourth-order valence-corrected chi connectivity index (χ4v) is 3.58. The molecular formula is C16H15BrO3S. The quantitative estimate of drug-likeness (QED) is 0.759. The number of hydrogen-bond donors (Lipinski definition) is 0. The van der Waals surface area contributed by atoms with Crippen molar-refractivity contribution in [3.8, 4) is 0 Å². The van der Waals surface area contributed by atoms with E-state index in [-0.39, 0.29) is 11.5 Å². The Morgan fingerprint density at radius 2 is 1.62 bits per heavy atom. The van der Waals surface area contributed by atoms with Gasteiger partial charge in [0.05, 0.1) is 5.75 Å².